The molecule has 0 aliphatic heterocycles. The summed E-state index contributed by atoms with van der Waals surface area (Å²) in [5.74, 6) is 1.37. The van der Waals surface area contributed by atoms with Gasteiger partial charge in [0.2, 0.25) is 0 Å². The summed E-state index contributed by atoms with van der Waals surface area (Å²) in [5.41, 5.74) is 2.39. The molecule has 0 aliphatic rings. The molecule has 0 radical (unpaired) electrons. The summed E-state index contributed by atoms with van der Waals surface area (Å²) >= 11 is 6.06. The zero-order valence-corrected chi connectivity index (χ0v) is 17.2. The van der Waals surface area contributed by atoms with Crippen LogP contribution < -0.4 is 14.8 Å². The van der Waals surface area contributed by atoms with Gasteiger partial charge < -0.3 is 14.8 Å². The number of ether oxygens (including phenoxy) is 2. The minimum absolute atomic E-state index is 0.0809. The Bertz CT molecular complexity index is 776. The minimum atomic E-state index is -0.0809. The van der Waals surface area contributed by atoms with Crippen molar-refractivity contribution in [3.05, 3.63) is 58.1 Å². The van der Waals surface area contributed by atoms with E-state index < -0.39 is 0 Å². The van der Waals surface area contributed by atoms with Crippen LogP contribution in [0.4, 0.5) is 0 Å². The molecule has 146 valence electrons. The molecule has 27 heavy (non-hydrogen) atoms. The van der Waals surface area contributed by atoms with Crippen LogP contribution in [0.5, 0.6) is 11.5 Å². The highest BCUT2D eigenvalue weighted by molar-refractivity contribution is 6.31. The standard InChI is InChI=1S/C22H28ClNO3/c1-5-7-16(4)24-22(25)17-8-11-21(26-6-2)18(13-17)14-27-19-9-10-20(23)15(3)12-19/h8-13,16H,5-7,14H2,1-4H3,(H,24,25). The van der Waals surface area contributed by atoms with Gasteiger partial charge in [0.15, 0.2) is 0 Å². The van der Waals surface area contributed by atoms with Gasteiger partial charge >= 0.3 is 0 Å². The number of nitrogens with one attached hydrogen (secondary N) is 1. The molecule has 0 spiro atoms. The third-order valence-corrected chi connectivity index (χ3v) is 4.67. The van der Waals surface area contributed by atoms with Gasteiger partial charge in [0.05, 0.1) is 6.61 Å². The summed E-state index contributed by atoms with van der Waals surface area (Å²) in [5, 5.41) is 3.73. The molecule has 0 heterocycles. The molecule has 4 nitrogen and oxygen atoms in total. The van der Waals surface area contributed by atoms with Crippen molar-refractivity contribution in [2.24, 2.45) is 0 Å². The first-order chi connectivity index (χ1) is 12.9. The summed E-state index contributed by atoms with van der Waals surface area (Å²) in [6.07, 6.45) is 1.99. The lowest BCUT2D eigenvalue weighted by Gasteiger charge is -2.16. The number of carbonyl (C=O) groups is 1. The Kier molecular flexibility index (Phi) is 7.99. The zero-order chi connectivity index (χ0) is 19.8. The largest absolute Gasteiger partial charge is 0.493 e. The maximum atomic E-state index is 12.5. The van der Waals surface area contributed by atoms with Crippen LogP contribution in [0, 0.1) is 6.92 Å². The molecule has 2 aromatic carbocycles. The summed E-state index contributed by atoms with van der Waals surface area (Å²) in [6, 6.07) is 11.1. The van der Waals surface area contributed by atoms with Crippen molar-refractivity contribution in [1.29, 1.82) is 0 Å². The van der Waals surface area contributed by atoms with Gasteiger partial charge in [0.1, 0.15) is 18.1 Å². The lowest BCUT2D eigenvalue weighted by molar-refractivity contribution is 0.0938. The van der Waals surface area contributed by atoms with Crippen molar-refractivity contribution in [2.75, 3.05) is 6.61 Å². The summed E-state index contributed by atoms with van der Waals surface area (Å²) < 4.78 is 11.6. The molecule has 1 amide bonds. The van der Waals surface area contributed by atoms with Gasteiger partial charge in [-0.05, 0) is 69.2 Å². The number of hydrogen-bond donors (Lipinski definition) is 1. The second kappa shape index (κ2) is 10.2. The van der Waals surface area contributed by atoms with Crippen LogP contribution in [0.3, 0.4) is 0 Å². The first-order valence-electron chi connectivity index (χ1n) is 9.40. The van der Waals surface area contributed by atoms with Gasteiger partial charge in [-0.15, -0.1) is 0 Å². The maximum Gasteiger partial charge on any atom is 0.251 e. The number of carbonyl (C=O) groups excluding carboxylic acids is 1. The second-order valence-electron chi connectivity index (χ2n) is 6.62. The molecular weight excluding hydrogens is 362 g/mol. The van der Waals surface area contributed by atoms with Gasteiger partial charge in [-0.2, -0.15) is 0 Å². The summed E-state index contributed by atoms with van der Waals surface area (Å²) in [7, 11) is 0. The second-order valence-corrected chi connectivity index (χ2v) is 7.03. The molecule has 5 heteroatoms. The monoisotopic (exact) mass is 389 g/mol. The topological polar surface area (TPSA) is 47.6 Å². The zero-order valence-electron chi connectivity index (χ0n) is 16.5. The molecule has 1 N–H and O–H groups in total. The molecule has 0 aliphatic carbocycles. The van der Waals surface area contributed by atoms with Crippen molar-refractivity contribution in [1.82, 2.24) is 5.32 Å². The van der Waals surface area contributed by atoms with E-state index in [-0.39, 0.29) is 11.9 Å². The molecule has 0 aromatic heterocycles. The van der Waals surface area contributed by atoms with Crippen LogP contribution in [-0.2, 0) is 6.61 Å². The Hall–Kier alpha value is -2.20. The lowest BCUT2D eigenvalue weighted by atomic mass is 10.1. The fourth-order valence-electron chi connectivity index (χ4n) is 2.81. The van der Waals surface area contributed by atoms with Crippen molar-refractivity contribution in [3.8, 4) is 11.5 Å². The Morgan fingerprint density at radius 1 is 1.15 bits per heavy atom. The smallest absolute Gasteiger partial charge is 0.251 e. The van der Waals surface area contributed by atoms with E-state index in [1.807, 2.05) is 51.1 Å². The molecule has 1 unspecified atom stereocenters. The van der Waals surface area contributed by atoms with Crippen LogP contribution in [0.2, 0.25) is 5.02 Å². The Balaban J connectivity index is 2.16. The summed E-state index contributed by atoms with van der Waals surface area (Å²) in [6.45, 7) is 8.84. The minimum Gasteiger partial charge on any atom is -0.493 e. The van der Waals surface area contributed by atoms with Gasteiger partial charge in [0, 0.05) is 22.2 Å². The van der Waals surface area contributed by atoms with E-state index in [4.69, 9.17) is 21.1 Å². The molecule has 2 rings (SSSR count). The molecule has 1 atom stereocenters. The van der Waals surface area contributed by atoms with Crippen LogP contribution in [0.1, 0.15) is 55.1 Å². The van der Waals surface area contributed by atoms with E-state index in [9.17, 15) is 4.79 Å². The number of amides is 1. The van der Waals surface area contributed by atoms with Crippen molar-refractivity contribution >= 4 is 17.5 Å². The number of rotatable bonds is 9. The number of hydrogen-bond acceptors (Lipinski definition) is 3. The lowest BCUT2D eigenvalue weighted by Crippen LogP contribution is -2.32. The Morgan fingerprint density at radius 2 is 1.93 bits per heavy atom. The normalized spacial score (nSPS) is 11.7. The van der Waals surface area contributed by atoms with Gasteiger partial charge in [-0.3, -0.25) is 4.79 Å². The van der Waals surface area contributed by atoms with E-state index in [0.29, 0.717) is 23.8 Å². The average molecular weight is 390 g/mol. The fourth-order valence-corrected chi connectivity index (χ4v) is 2.93. The maximum absolute atomic E-state index is 12.5. The van der Waals surface area contributed by atoms with Crippen LogP contribution in [0.15, 0.2) is 36.4 Å². The highest BCUT2D eigenvalue weighted by atomic mass is 35.5. The highest BCUT2D eigenvalue weighted by Crippen LogP contribution is 2.25. The first-order valence-corrected chi connectivity index (χ1v) is 9.77. The Morgan fingerprint density at radius 3 is 2.59 bits per heavy atom. The number of benzene rings is 2. The average Bonchev–Trinajstić information content (AvgIpc) is 2.64. The third kappa shape index (κ3) is 6.17. The van der Waals surface area contributed by atoms with E-state index >= 15 is 0 Å². The predicted molar refractivity (Wildman–Crippen MR) is 110 cm³/mol. The van der Waals surface area contributed by atoms with Gasteiger partial charge in [-0.25, -0.2) is 0 Å². The fraction of sp³-hybridized carbons (Fsp3) is 0.409. The van der Waals surface area contributed by atoms with Crippen LogP contribution >= 0.6 is 11.6 Å². The first kappa shape index (κ1) is 21.1. The molecular formula is C22H28ClNO3. The molecule has 0 bridgehead atoms. The van der Waals surface area contributed by atoms with E-state index in [1.165, 1.54) is 0 Å². The molecule has 0 fully saturated rings. The molecule has 0 saturated heterocycles. The van der Waals surface area contributed by atoms with Crippen molar-refractivity contribution < 1.29 is 14.3 Å². The SMILES string of the molecule is CCCC(C)NC(=O)c1ccc(OCC)c(COc2ccc(Cl)c(C)c2)c1. The quantitative estimate of drug-likeness (QED) is 0.612. The van der Waals surface area contributed by atoms with Crippen molar-refractivity contribution in [3.63, 3.8) is 0 Å². The third-order valence-electron chi connectivity index (χ3n) is 4.25. The highest BCUT2D eigenvalue weighted by Gasteiger charge is 2.13. The van der Waals surface area contributed by atoms with E-state index in [1.54, 1.807) is 6.07 Å². The van der Waals surface area contributed by atoms with E-state index in [2.05, 4.69) is 12.2 Å². The van der Waals surface area contributed by atoms with Gasteiger partial charge in [0.25, 0.3) is 5.91 Å². The van der Waals surface area contributed by atoms with Crippen molar-refractivity contribution in [2.45, 2.75) is 53.2 Å². The number of aryl methyl sites for hydroxylation is 1. The summed E-state index contributed by atoms with van der Waals surface area (Å²) in [4.78, 5) is 12.5. The molecule has 0 saturated carbocycles. The predicted octanol–water partition coefficient (Wildman–Crippen LogP) is 5.54. The van der Waals surface area contributed by atoms with Crippen LogP contribution in [0.25, 0.3) is 0 Å². The molecule has 2 aromatic rings. The number of halogens is 1. The Labute approximate surface area is 166 Å². The van der Waals surface area contributed by atoms with Gasteiger partial charge in [-0.1, -0.05) is 24.9 Å². The van der Waals surface area contributed by atoms with E-state index in [0.717, 1.165) is 35.5 Å². The van der Waals surface area contributed by atoms with Crippen LogP contribution in [-0.4, -0.2) is 18.6 Å².